The first-order valence-electron chi connectivity index (χ1n) is 10.2. The van der Waals surface area contributed by atoms with Crippen LogP contribution in [0.4, 0.5) is 11.6 Å². The monoisotopic (exact) mass is 479 g/mol. The van der Waals surface area contributed by atoms with Gasteiger partial charge >= 0.3 is 0 Å². The number of anilines is 2. The summed E-state index contributed by atoms with van der Waals surface area (Å²) >= 11 is 8.12. The van der Waals surface area contributed by atoms with Crippen LogP contribution in [0.5, 0.6) is 0 Å². The lowest BCUT2D eigenvalue weighted by Gasteiger charge is -2.20. The van der Waals surface area contributed by atoms with E-state index in [4.69, 9.17) is 26.9 Å². The quantitative estimate of drug-likeness (QED) is 0.377. The lowest BCUT2D eigenvalue weighted by Crippen LogP contribution is -2.06. The number of halogens is 1. The van der Waals surface area contributed by atoms with Crippen molar-refractivity contribution >= 4 is 52.1 Å². The van der Waals surface area contributed by atoms with E-state index in [1.807, 2.05) is 49.5 Å². The summed E-state index contributed by atoms with van der Waals surface area (Å²) in [5.41, 5.74) is 10.0. The first-order valence-corrected chi connectivity index (χ1v) is 11.4. The number of nitrogens with two attached hydrogens (primary N) is 1. The van der Waals surface area contributed by atoms with E-state index in [9.17, 15) is 0 Å². The molecule has 0 atom stereocenters. The minimum absolute atomic E-state index is 0.161. The zero-order valence-electron chi connectivity index (χ0n) is 18.1. The highest BCUT2D eigenvalue weighted by molar-refractivity contribution is 7.99. The van der Waals surface area contributed by atoms with E-state index in [0.29, 0.717) is 29.2 Å². The predicted octanol–water partition coefficient (Wildman–Crippen LogP) is 5.36. The molecule has 0 unspecified atom stereocenters. The number of aromatic nitrogens is 3. The van der Waals surface area contributed by atoms with Crippen LogP contribution in [-0.4, -0.2) is 28.3 Å². The maximum Gasteiger partial charge on any atom is 0.224 e. The Kier molecular flexibility index (Phi) is 7.08. The van der Waals surface area contributed by atoms with Crippen molar-refractivity contribution in [2.45, 2.75) is 30.2 Å². The number of nitrogens with one attached hydrogen (secondary N) is 1. The number of carbonyl (C=O) groups is 1. The van der Waals surface area contributed by atoms with Gasteiger partial charge in [-0.1, -0.05) is 29.8 Å². The second-order valence-corrected chi connectivity index (χ2v) is 8.58. The van der Waals surface area contributed by atoms with Crippen LogP contribution in [-0.2, 0) is 22.7 Å². The Bertz CT molecular complexity index is 1310. The molecule has 5 rings (SSSR count). The molecule has 2 heterocycles. The molecular weight excluding hydrogens is 458 g/mol. The van der Waals surface area contributed by atoms with Gasteiger partial charge in [-0.15, -0.1) is 0 Å². The van der Waals surface area contributed by atoms with Crippen molar-refractivity contribution in [3.05, 3.63) is 64.7 Å². The average molecular weight is 480 g/mol. The largest absolute Gasteiger partial charge is 0.388 e. The molecule has 0 radical (unpaired) electrons. The normalized spacial score (nSPS) is 12.1. The molecule has 1 aromatic heterocycles. The van der Waals surface area contributed by atoms with Crippen molar-refractivity contribution < 1.29 is 9.53 Å². The number of rotatable bonds is 4. The van der Waals surface area contributed by atoms with Crippen LogP contribution in [0.25, 0.3) is 22.2 Å². The summed E-state index contributed by atoms with van der Waals surface area (Å²) in [5.74, 6) is 0.631. The van der Waals surface area contributed by atoms with Gasteiger partial charge in [-0.25, -0.2) is 4.98 Å². The minimum atomic E-state index is 0.161. The van der Waals surface area contributed by atoms with Crippen molar-refractivity contribution in [1.29, 1.82) is 0 Å². The molecule has 33 heavy (non-hydrogen) atoms. The summed E-state index contributed by atoms with van der Waals surface area (Å²) in [5, 5.41) is 6.35. The minimum Gasteiger partial charge on any atom is -0.388 e. The Morgan fingerprint density at radius 2 is 1.82 bits per heavy atom. The molecule has 168 valence electrons. The van der Waals surface area contributed by atoms with Crippen molar-refractivity contribution in [3.8, 4) is 11.4 Å². The number of nitrogens with zero attached hydrogens (tertiary/aromatic N) is 3. The molecular formula is C24H22ClN5O2S. The molecule has 4 aromatic rings. The standard InChI is InChI=1S/C22H18ClN5OS.C2H4O/c1-25-14-5-7-15(8-6-14)30-22-27-20(26-21(24)28-22)19-16-4-2-3-12-10-29-11-13(18(12)16)9-17(19)23;1-2-3/h2-9,25H,10-11H2,1H3,(H2,24,26,27,28);2H,1H3. The maximum atomic E-state index is 8.81. The van der Waals surface area contributed by atoms with E-state index in [0.717, 1.165) is 44.3 Å². The third-order valence-electron chi connectivity index (χ3n) is 5.00. The number of hydrogen-bond donors (Lipinski definition) is 2. The van der Waals surface area contributed by atoms with Crippen LogP contribution in [0.3, 0.4) is 0 Å². The Labute approximate surface area is 200 Å². The molecule has 3 N–H and O–H groups in total. The SMILES string of the molecule is CC=O.CNc1ccc(Sc2nc(N)nc(-c3c(Cl)cc4c5c(cccc35)COC4)n2)cc1. The number of carbonyl (C=O) groups excluding carboxylic acids is 1. The van der Waals surface area contributed by atoms with Gasteiger partial charge in [-0.2, -0.15) is 9.97 Å². The summed E-state index contributed by atoms with van der Waals surface area (Å²) in [6.45, 7) is 2.56. The van der Waals surface area contributed by atoms with Crippen LogP contribution in [0.15, 0.2) is 58.6 Å². The highest BCUT2D eigenvalue weighted by atomic mass is 35.5. The third kappa shape index (κ3) is 4.93. The number of ether oxygens (including phenoxy) is 1. The van der Waals surface area contributed by atoms with Crippen LogP contribution < -0.4 is 11.1 Å². The molecule has 9 heteroatoms. The van der Waals surface area contributed by atoms with Crippen molar-refractivity contribution in [2.75, 3.05) is 18.1 Å². The van der Waals surface area contributed by atoms with Crippen LogP contribution >= 0.6 is 23.4 Å². The second kappa shape index (κ2) is 10.2. The highest BCUT2D eigenvalue weighted by Gasteiger charge is 2.21. The van der Waals surface area contributed by atoms with E-state index >= 15 is 0 Å². The first kappa shape index (κ1) is 23.0. The molecule has 3 aromatic carbocycles. The fourth-order valence-electron chi connectivity index (χ4n) is 3.67. The van der Waals surface area contributed by atoms with Gasteiger partial charge in [-0.05, 0) is 70.9 Å². The van der Waals surface area contributed by atoms with Crippen LogP contribution in [0, 0.1) is 0 Å². The lowest BCUT2D eigenvalue weighted by molar-refractivity contribution is -0.106. The van der Waals surface area contributed by atoms with Gasteiger partial charge in [-0.3, -0.25) is 0 Å². The molecule has 1 aliphatic rings. The van der Waals surface area contributed by atoms with Crippen LogP contribution in [0.2, 0.25) is 5.02 Å². The van der Waals surface area contributed by atoms with Gasteiger partial charge in [0.05, 0.1) is 18.2 Å². The molecule has 0 spiro atoms. The van der Waals surface area contributed by atoms with Crippen molar-refractivity contribution in [2.24, 2.45) is 0 Å². The molecule has 7 nitrogen and oxygen atoms in total. The van der Waals surface area contributed by atoms with Gasteiger partial charge in [0.25, 0.3) is 0 Å². The molecule has 0 aliphatic carbocycles. The second-order valence-electron chi connectivity index (χ2n) is 7.14. The zero-order valence-corrected chi connectivity index (χ0v) is 19.7. The van der Waals surface area contributed by atoms with E-state index < -0.39 is 0 Å². The Balaban J connectivity index is 0.000000821. The summed E-state index contributed by atoms with van der Waals surface area (Å²) < 4.78 is 5.68. The Morgan fingerprint density at radius 3 is 2.55 bits per heavy atom. The van der Waals surface area contributed by atoms with Gasteiger partial charge in [0.1, 0.15) is 6.29 Å². The van der Waals surface area contributed by atoms with E-state index in [2.05, 4.69) is 26.3 Å². The number of benzene rings is 3. The van der Waals surface area contributed by atoms with Crippen molar-refractivity contribution in [3.63, 3.8) is 0 Å². The molecule has 0 saturated carbocycles. The topological polar surface area (TPSA) is 103 Å². The molecule has 0 amide bonds. The molecule has 0 fully saturated rings. The molecule has 0 saturated heterocycles. The van der Waals surface area contributed by atoms with Gasteiger partial charge in [0.2, 0.25) is 5.95 Å². The smallest absolute Gasteiger partial charge is 0.224 e. The summed E-state index contributed by atoms with van der Waals surface area (Å²) in [4.78, 5) is 23.2. The van der Waals surface area contributed by atoms with Gasteiger partial charge in [0, 0.05) is 23.2 Å². The Morgan fingerprint density at radius 1 is 1.09 bits per heavy atom. The highest BCUT2D eigenvalue weighted by Crippen LogP contribution is 2.40. The average Bonchev–Trinajstić information content (AvgIpc) is 2.80. The number of hydrogen-bond acceptors (Lipinski definition) is 8. The van der Waals surface area contributed by atoms with E-state index in [1.54, 1.807) is 0 Å². The van der Waals surface area contributed by atoms with Crippen LogP contribution in [0.1, 0.15) is 18.1 Å². The van der Waals surface area contributed by atoms with E-state index in [1.165, 1.54) is 18.7 Å². The molecule has 0 bridgehead atoms. The molecule has 1 aliphatic heterocycles. The number of aldehydes is 1. The summed E-state index contributed by atoms with van der Waals surface area (Å²) in [6, 6.07) is 16.1. The Hall–Kier alpha value is -3.20. The zero-order chi connectivity index (χ0) is 23.4. The first-order chi connectivity index (χ1) is 16.0. The third-order valence-corrected chi connectivity index (χ3v) is 6.18. The lowest BCUT2D eigenvalue weighted by atomic mass is 9.94. The number of nitrogen functional groups attached to an aromatic ring is 1. The van der Waals surface area contributed by atoms with E-state index in [-0.39, 0.29) is 5.95 Å². The predicted molar refractivity (Wildman–Crippen MR) is 133 cm³/mol. The van der Waals surface area contributed by atoms with Crippen molar-refractivity contribution in [1.82, 2.24) is 15.0 Å². The van der Waals surface area contributed by atoms with Gasteiger partial charge < -0.3 is 20.6 Å². The summed E-state index contributed by atoms with van der Waals surface area (Å²) in [6.07, 6.45) is 0.750. The summed E-state index contributed by atoms with van der Waals surface area (Å²) in [7, 11) is 1.89. The fourth-order valence-corrected chi connectivity index (χ4v) is 4.74. The fraction of sp³-hybridized carbons (Fsp3) is 0.167. The maximum absolute atomic E-state index is 8.81. The van der Waals surface area contributed by atoms with Gasteiger partial charge in [0.15, 0.2) is 11.0 Å².